The minimum absolute atomic E-state index is 0.0458. The van der Waals surface area contributed by atoms with Gasteiger partial charge in [0.05, 0.1) is 11.1 Å². The summed E-state index contributed by atoms with van der Waals surface area (Å²) in [5.41, 5.74) is 1.86. The summed E-state index contributed by atoms with van der Waals surface area (Å²) in [5.74, 6) is -0.218. The molecule has 0 aliphatic carbocycles. The molecule has 0 radical (unpaired) electrons. The molecule has 0 saturated heterocycles. The summed E-state index contributed by atoms with van der Waals surface area (Å²) in [4.78, 5) is 31.6. The predicted molar refractivity (Wildman–Crippen MR) is 119 cm³/mol. The van der Waals surface area contributed by atoms with Crippen LogP contribution in [0.1, 0.15) is 10.4 Å². The van der Waals surface area contributed by atoms with Gasteiger partial charge in [0.1, 0.15) is 0 Å². The number of aromatic nitrogens is 1. The molecule has 4 aromatic rings. The molecule has 144 valence electrons. The number of amides is 2. The summed E-state index contributed by atoms with van der Waals surface area (Å²) in [7, 11) is 3.43. The van der Waals surface area contributed by atoms with Gasteiger partial charge in [-0.15, -0.1) is 0 Å². The molecule has 1 N–H and O–H groups in total. The van der Waals surface area contributed by atoms with Gasteiger partial charge in [0, 0.05) is 36.3 Å². The first kappa shape index (κ1) is 19.0. The highest BCUT2D eigenvalue weighted by atomic mass is 32.2. The van der Waals surface area contributed by atoms with Crippen molar-refractivity contribution < 1.29 is 9.59 Å². The minimum atomic E-state index is -0.218. The average Bonchev–Trinajstić information content (AvgIpc) is 2.74. The first-order valence-electron chi connectivity index (χ1n) is 9.10. The number of carbonyl (C=O) groups excluding carboxylic acids is 2. The average molecular weight is 401 g/mol. The molecule has 3 aromatic carbocycles. The van der Waals surface area contributed by atoms with E-state index in [0.717, 1.165) is 32.8 Å². The highest BCUT2D eigenvalue weighted by Gasteiger charge is 2.14. The van der Waals surface area contributed by atoms with E-state index in [9.17, 15) is 9.59 Å². The fraction of sp³-hybridized carbons (Fsp3) is 0.0870. The number of nitrogens with zero attached hydrogens (tertiary/aromatic N) is 2. The van der Waals surface area contributed by atoms with Crippen molar-refractivity contribution in [3.63, 3.8) is 0 Å². The molecule has 0 spiro atoms. The second kappa shape index (κ2) is 7.93. The first-order chi connectivity index (χ1) is 14.0. The molecule has 0 fully saturated rings. The number of anilines is 1. The van der Waals surface area contributed by atoms with E-state index in [0.29, 0.717) is 16.8 Å². The molecule has 6 heteroatoms. The lowest BCUT2D eigenvalue weighted by Gasteiger charge is -2.11. The van der Waals surface area contributed by atoms with Crippen molar-refractivity contribution in [3.05, 3.63) is 78.5 Å². The maximum Gasteiger partial charge on any atom is 0.285 e. The van der Waals surface area contributed by atoms with Crippen LogP contribution in [0.2, 0.25) is 0 Å². The Morgan fingerprint density at radius 2 is 1.66 bits per heavy atom. The predicted octanol–water partition coefficient (Wildman–Crippen LogP) is 5.41. The van der Waals surface area contributed by atoms with E-state index in [1.807, 2.05) is 54.6 Å². The molecule has 1 heterocycles. The third-order valence-electron chi connectivity index (χ3n) is 4.54. The van der Waals surface area contributed by atoms with E-state index in [1.54, 1.807) is 32.4 Å². The number of hydrogen-bond donors (Lipinski definition) is 1. The van der Waals surface area contributed by atoms with Gasteiger partial charge in [-0.25, -0.2) is 0 Å². The molecule has 0 unspecified atom stereocenters. The fourth-order valence-corrected chi connectivity index (χ4v) is 3.76. The number of pyridine rings is 1. The third-order valence-corrected chi connectivity index (χ3v) is 5.59. The van der Waals surface area contributed by atoms with E-state index in [1.165, 1.54) is 4.90 Å². The van der Waals surface area contributed by atoms with E-state index in [-0.39, 0.29) is 11.1 Å². The largest absolute Gasteiger partial charge is 0.339 e. The molecule has 4 rings (SSSR count). The van der Waals surface area contributed by atoms with Crippen LogP contribution in [-0.2, 0) is 0 Å². The molecule has 1 aromatic heterocycles. The van der Waals surface area contributed by atoms with Gasteiger partial charge in [-0.05, 0) is 58.9 Å². The Kier molecular flexibility index (Phi) is 5.18. The molecular weight excluding hydrogens is 382 g/mol. The highest BCUT2D eigenvalue weighted by molar-refractivity contribution is 8.13. The van der Waals surface area contributed by atoms with Crippen LogP contribution >= 0.6 is 11.8 Å². The van der Waals surface area contributed by atoms with Gasteiger partial charge in [0.15, 0.2) is 0 Å². The van der Waals surface area contributed by atoms with Gasteiger partial charge in [0.2, 0.25) is 0 Å². The van der Waals surface area contributed by atoms with Gasteiger partial charge in [0.25, 0.3) is 11.1 Å². The van der Waals surface area contributed by atoms with Crippen molar-refractivity contribution in [2.45, 2.75) is 4.90 Å². The molecule has 0 bridgehead atoms. The second-order valence-electron chi connectivity index (χ2n) is 6.79. The number of rotatable bonds is 3. The Morgan fingerprint density at radius 1 is 0.931 bits per heavy atom. The lowest BCUT2D eigenvalue weighted by molar-refractivity contribution is 0.102. The van der Waals surface area contributed by atoms with Crippen LogP contribution in [0, 0.1) is 0 Å². The Balaban J connectivity index is 1.63. The summed E-state index contributed by atoms with van der Waals surface area (Å²) in [6, 6.07) is 20.9. The molecular formula is C23H19N3O2S. The third kappa shape index (κ3) is 3.93. The van der Waals surface area contributed by atoms with Crippen LogP contribution in [0.25, 0.3) is 21.7 Å². The highest BCUT2D eigenvalue weighted by Crippen LogP contribution is 2.28. The summed E-state index contributed by atoms with van der Waals surface area (Å²) in [5, 5.41) is 5.90. The Bertz CT molecular complexity index is 1220. The number of carbonyl (C=O) groups is 2. The SMILES string of the molecule is CN(C)C(=O)Sc1ccc(NC(=O)c2cc3ccccc3c3cccnc23)cc1. The van der Waals surface area contributed by atoms with Gasteiger partial charge < -0.3 is 10.2 Å². The van der Waals surface area contributed by atoms with Crippen molar-refractivity contribution in [2.75, 3.05) is 19.4 Å². The van der Waals surface area contributed by atoms with Crippen LogP contribution in [0.15, 0.2) is 77.8 Å². The van der Waals surface area contributed by atoms with Crippen molar-refractivity contribution in [1.29, 1.82) is 0 Å². The lowest BCUT2D eigenvalue weighted by Crippen LogP contribution is -2.16. The maximum absolute atomic E-state index is 13.0. The summed E-state index contributed by atoms with van der Waals surface area (Å²) >= 11 is 1.14. The number of hydrogen-bond acceptors (Lipinski definition) is 4. The van der Waals surface area contributed by atoms with Crippen molar-refractivity contribution in [1.82, 2.24) is 9.88 Å². The zero-order valence-corrected chi connectivity index (χ0v) is 16.9. The van der Waals surface area contributed by atoms with Crippen LogP contribution in [0.3, 0.4) is 0 Å². The van der Waals surface area contributed by atoms with Gasteiger partial charge >= 0.3 is 0 Å². The topological polar surface area (TPSA) is 62.3 Å². The molecule has 0 aliphatic heterocycles. The number of benzene rings is 3. The molecule has 0 saturated carbocycles. The van der Waals surface area contributed by atoms with Gasteiger partial charge in [-0.3, -0.25) is 14.6 Å². The molecule has 5 nitrogen and oxygen atoms in total. The number of fused-ring (bicyclic) bond motifs is 3. The van der Waals surface area contributed by atoms with Crippen LogP contribution in [-0.4, -0.2) is 35.1 Å². The maximum atomic E-state index is 13.0. The van der Waals surface area contributed by atoms with E-state index >= 15 is 0 Å². The van der Waals surface area contributed by atoms with Crippen molar-refractivity contribution in [2.24, 2.45) is 0 Å². The lowest BCUT2D eigenvalue weighted by atomic mass is 10.0. The van der Waals surface area contributed by atoms with E-state index in [2.05, 4.69) is 10.3 Å². The molecule has 29 heavy (non-hydrogen) atoms. The minimum Gasteiger partial charge on any atom is -0.339 e. The monoisotopic (exact) mass is 401 g/mol. The Hall–Kier alpha value is -3.38. The number of nitrogens with one attached hydrogen (secondary N) is 1. The Labute approximate surface area is 172 Å². The molecule has 0 aliphatic rings. The van der Waals surface area contributed by atoms with Crippen LogP contribution < -0.4 is 5.32 Å². The van der Waals surface area contributed by atoms with Crippen LogP contribution in [0.4, 0.5) is 10.5 Å². The van der Waals surface area contributed by atoms with E-state index < -0.39 is 0 Å². The normalized spacial score (nSPS) is 10.8. The molecule has 2 amide bonds. The fourth-order valence-electron chi connectivity index (χ4n) is 3.10. The zero-order valence-electron chi connectivity index (χ0n) is 16.0. The quantitative estimate of drug-likeness (QED) is 0.368. The summed E-state index contributed by atoms with van der Waals surface area (Å²) < 4.78 is 0. The second-order valence-corrected chi connectivity index (χ2v) is 7.81. The summed E-state index contributed by atoms with van der Waals surface area (Å²) in [6.45, 7) is 0. The smallest absolute Gasteiger partial charge is 0.285 e. The number of thioether (sulfide) groups is 1. The van der Waals surface area contributed by atoms with Gasteiger partial charge in [-0.1, -0.05) is 30.3 Å². The van der Waals surface area contributed by atoms with Gasteiger partial charge in [-0.2, -0.15) is 0 Å². The Morgan fingerprint density at radius 3 is 2.41 bits per heavy atom. The summed E-state index contributed by atoms with van der Waals surface area (Å²) in [6.07, 6.45) is 1.70. The van der Waals surface area contributed by atoms with Crippen molar-refractivity contribution >= 4 is 50.3 Å². The zero-order chi connectivity index (χ0) is 20.4. The first-order valence-corrected chi connectivity index (χ1v) is 9.91. The van der Waals surface area contributed by atoms with E-state index in [4.69, 9.17) is 0 Å². The van der Waals surface area contributed by atoms with Crippen LogP contribution in [0.5, 0.6) is 0 Å². The molecule has 0 atom stereocenters. The van der Waals surface area contributed by atoms with Crippen molar-refractivity contribution in [3.8, 4) is 0 Å². The standard InChI is InChI=1S/C23H19N3O2S/c1-26(2)23(28)29-17-11-9-16(10-12-17)25-22(27)20-14-15-6-3-4-7-18(15)19-8-5-13-24-21(19)20/h3-14H,1-2H3,(H,25,27).